The van der Waals surface area contributed by atoms with Crippen LogP contribution in [-0.4, -0.2) is 0 Å². The van der Waals surface area contributed by atoms with Gasteiger partial charge in [-0.1, -0.05) is 72.9 Å². The Morgan fingerprint density at radius 2 is 1.15 bits per heavy atom. The van der Waals surface area contributed by atoms with E-state index in [1.165, 1.54) is 33.4 Å². The summed E-state index contributed by atoms with van der Waals surface area (Å²) in [5.74, 6) is 0. The molecule has 2 aliphatic carbocycles. The highest BCUT2D eigenvalue weighted by Gasteiger charge is 2.09. The molecule has 0 atom stereocenters. The van der Waals surface area contributed by atoms with Gasteiger partial charge in [0.15, 0.2) is 0 Å². The fraction of sp³-hybridized carbons (Fsp3) is 0.100. The van der Waals surface area contributed by atoms with E-state index in [0.717, 1.165) is 12.8 Å². The first-order chi connectivity index (χ1) is 9.92. The minimum atomic E-state index is 1.07. The van der Waals surface area contributed by atoms with Crippen molar-refractivity contribution in [3.63, 3.8) is 0 Å². The smallest absolute Gasteiger partial charge is 0.00880 e. The molecule has 2 aromatic rings. The van der Waals surface area contributed by atoms with Gasteiger partial charge >= 0.3 is 0 Å². The molecule has 2 aliphatic rings. The number of fused-ring (bicyclic) bond motifs is 2. The van der Waals surface area contributed by atoms with Gasteiger partial charge in [0.2, 0.25) is 0 Å². The van der Waals surface area contributed by atoms with Crippen molar-refractivity contribution in [2.24, 2.45) is 0 Å². The van der Waals surface area contributed by atoms with Gasteiger partial charge < -0.3 is 0 Å². The van der Waals surface area contributed by atoms with Gasteiger partial charge in [-0.25, -0.2) is 0 Å². The van der Waals surface area contributed by atoms with E-state index in [-0.39, 0.29) is 0 Å². The van der Waals surface area contributed by atoms with Gasteiger partial charge in [-0.2, -0.15) is 0 Å². The highest BCUT2D eigenvalue weighted by atomic mass is 14.1. The number of allylic oxidation sites excluding steroid dienone is 2. The summed E-state index contributed by atoms with van der Waals surface area (Å²) in [6.45, 7) is 0. The highest BCUT2D eigenvalue weighted by Crippen LogP contribution is 2.27. The summed E-state index contributed by atoms with van der Waals surface area (Å²) in [5.41, 5.74) is 8.26. The lowest BCUT2D eigenvalue weighted by Crippen LogP contribution is -1.87. The van der Waals surface area contributed by atoms with E-state index >= 15 is 0 Å². The Hall–Kier alpha value is -2.34. The predicted molar refractivity (Wildman–Crippen MR) is 87.3 cm³/mol. The van der Waals surface area contributed by atoms with Crippen molar-refractivity contribution >= 4 is 24.3 Å². The molecule has 0 aliphatic heterocycles. The van der Waals surface area contributed by atoms with Crippen molar-refractivity contribution in [1.29, 1.82) is 0 Å². The fourth-order valence-electron chi connectivity index (χ4n) is 3.11. The minimum Gasteiger partial charge on any atom is -0.0795 e. The molecule has 0 fully saturated rings. The lowest BCUT2D eigenvalue weighted by molar-refractivity contribution is 1.30. The topological polar surface area (TPSA) is 0 Å². The third kappa shape index (κ3) is 1.85. The van der Waals surface area contributed by atoms with Crippen LogP contribution in [0.15, 0.2) is 48.6 Å². The van der Waals surface area contributed by atoms with Crippen LogP contribution in [0.4, 0.5) is 0 Å². The zero-order valence-corrected chi connectivity index (χ0v) is 11.3. The lowest BCUT2D eigenvalue weighted by atomic mass is 10.00. The Labute approximate surface area is 119 Å². The van der Waals surface area contributed by atoms with Gasteiger partial charge in [-0.05, 0) is 46.2 Å². The van der Waals surface area contributed by atoms with Crippen molar-refractivity contribution in [3.8, 4) is 0 Å². The first kappa shape index (κ1) is 11.5. The zero-order valence-electron chi connectivity index (χ0n) is 11.3. The largest absolute Gasteiger partial charge is 0.0795 e. The van der Waals surface area contributed by atoms with Crippen LogP contribution >= 0.6 is 0 Å². The van der Waals surface area contributed by atoms with Crippen LogP contribution in [0.1, 0.15) is 33.4 Å². The van der Waals surface area contributed by atoms with E-state index in [1.807, 2.05) is 0 Å². The van der Waals surface area contributed by atoms with Gasteiger partial charge in [-0.3, -0.25) is 0 Å². The molecule has 0 bridgehead atoms. The van der Waals surface area contributed by atoms with Crippen LogP contribution in [0.2, 0.25) is 0 Å². The minimum absolute atomic E-state index is 1.07. The molecular formula is C20H16. The Kier molecular flexibility index (Phi) is 2.67. The first-order valence-electron chi connectivity index (χ1n) is 7.17. The van der Waals surface area contributed by atoms with Crippen LogP contribution in [0.5, 0.6) is 0 Å². The van der Waals surface area contributed by atoms with Crippen molar-refractivity contribution in [2.45, 2.75) is 12.8 Å². The summed E-state index contributed by atoms with van der Waals surface area (Å²) < 4.78 is 0. The standard InChI is InChI=1S/C20H16/c1-5-15-9-3-11-19(15)17(7-1)13-14-18-8-2-6-16-10-4-12-20(16)18/h1-8,11-14H,9-10H2. The summed E-state index contributed by atoms with van der Waals surface area (Å²) in [7, 11) is 0. The summed E-state index contributed by atoms with van der Waals surface area (Å²) >= 11 is 0. The van der Waals surface area contributed by atoms with Crippen molar-refractivity contribution in [1.82, 2.24) is 0 Å². The third-order valence-corrected chi connectivity index (χ3v) is 4.15. The molecule has 20 heavy (non-hydrogen) atoms. The molecule has 0 radical (unpaired) electrons. The number of benzene rings is 2. The van der Waals surface area contributed by atoms with Crippen molar-refractivity contribution < 1.29 is 0 Å². The van der Waals surface area contributed by atoms with E-state index in [2.05, 4.69) is 72.9 Å². The van der Waals surface area contributed by atoms with Crippen LogP contribution in [0.25, 0.3) is 24.3 Å². The fourth-order valence-corrected chi connectivity index (χ4v) is 3.11. The number of hydrogen-bond donors (Lipinski definition) is 0. The van der Waals surface area contributed by atoms with E-state index in [1.54, 1.807) is 0 Å². The molecule has 0 heteroatoms. The quantitative estimate of drug-likeness (QED) is 0.664. The molecule has 4 rings (SSSR count). The van der Waals surface area contributed by atoms with Crippen LogP contribution in [0, 0.1) is 0 Å². The van der Waals surface area contributed by atoms with E-state index in [9.17, 15) is 0 Å². The van der Waals surface area contributed by atoms with Crippen LogP contribution in [-0.2, 0) is 12.8 Å². The summed E-state index contributed by atoms with van der Waals surface area (Å²) in [5, 5.41) is 0. The van der Waals surface area contributed by atoms with Gasteiger partial charge in [0.1, 0.15) is 0 Å². The maximum Gasteiger partial charge on any atom is -0.00880 e. The first-order valence-corrected chi connectivity index (χ1v) is 7.17. The van der Waals surface area contributed by atoms with Crippen molar-refractivity contribution in [2.75, 3.05) is 0 Å². The molecule has 0 amide bonds. The van der Waals surface area contributed by atoms with E-state index in [4.69, 9.17) is 0 Å². The lowest BCUT2D eigenvalue weighted by Gasteiger charge is -2.05. The molecule has 96 valence electrons. The maximum absolute atomic E-state index is 2.25. The molecule has 0 unspecified atom stereocenters. The molecule has 2 aromatic carbocycles. The normalized spacial score (nSPS) is 15.0. The third-order valence-electron chi connectivity index (χ3n) is 4.15. The van der Waals surface area contributed by atoms with Crippen LogP contribution in [0.3, 0.4) is 0 Å². The average Bonchev–Trinajstić information content (AvgIpc) is 3.13. The second kappa shape index (κ2) is 4.64. The molecule has 0 saturated heterocycles. The SMILES string of the molecule is C1=Cc2c(C=Cc3cccc4c3C=CC4)cccc2C1. The van der Waals surface area contributed by atoms with Gasteiger partial charge in [0.25, 0.3) is 0 Å². The molecular weight excluding hydrogens is 240 g/mol. The predicted octanol–water partition coefficient (Wildman–Crippen LogP) is 5.00. The van der Waals surface area contributed by atoms with Gasteiger partial charge in [-0.15, -0.1) is 0 Å². The maximum atomic E-state index is 2.25. The van der Waals surface area contributed by atoms with Gasteiger partial charge in [0.05, 0.1) is 0 Å². The Morgan fingerprint density at radius 3 is 1.65 bits per heavy atom. The van der Waals surface area contributed by atoms with Gasteiger partial charge in [0, 0.05) is 0 Å². The molecule has 0 N–H and O–H groups in total. The van der Waals surface area contributed by atoms with Crippen LogP contribution < -0.4 is 0 Å². The Morgan fingerprint density at radius 1 is 0.650 bits per heavy atom. The second-order valence-corrected chi connectivity index (χ2v) is 5.39. The molecule has 0 aromatic heterocycles. The molecule has 0 nitrogen and oxygen atoms in total. The molecule has 0 saturated carbocycles. The van der Waals surface area contributed by atoms with E-state index in [0.29, 0.717) is 0 Å². The number of rotatable bonds is 2. The average molecular weight is 256 g/mol. The molecule has 0 heterocycles. The summed E-state index contributed by atoms with van der Waals surface area (Å²) in [6, 6.07) is 13.1. The monoisotopic (exact) mass is 256 g/mol. The Bertz CT molecular complexity index is 692. The van der Waals surface area contributed by atoms with Crippen molar-refractivity contribution in [3.05, 3.63) is 81.9 Å². The summed E-state index contributed by atoms with van der Waals surface area (Å²) in [6.07, 6.45) is 15.6. The number of hydrogen-bond acceptors (Lipinski definition) is 0. The second-order valence-electron chi connectivity index (χ2n) is 5.39. The Balaban J connectivity index is 1.74. The molecule has 0 spiro atoms. The van der Waals surface area contributed by atoms with E-state index < -0.39 is 0 Å². The zero-order chi connectivity index (χ0) is 13.4. The highest BCUT2D eigenvalue weighted by molar-refractivity contribution is 5.81. The summed E-state index contributed by atoms with van der Waals surface area (Å²) in [4.78, 5) is 0.